The van der Waals surface area contributed by atoms with Crippen molar-refractivity contribution in [2.24, 2.45) is 5.92 Å². The monoisotopic (exact) mass is 315 g/mol. The highest BCUT2D eigenvalue weighted by Gasteiger charge is 2.19. The zero-order valence-electron chi connectivity index (χ0n) is 13.7. The molecule has 5 nitrogen and oxygen atoms in total. The molecule has 2 aromatic rings. The van der Waals surface area contributed by atoms with E-state index < -0.39 is 0 Å². The van der Waals surface area contributed by atoms with Crippen molar-refractivity contribution in [2.45, 2.75) is 32.9 Å². The summed E-state index contributed by atoms with van der Waals surface area (Å²) in [5, 5.41) is 12.7. The Morgan fingerprint density at radius 2 is 2.09 bits per heavy atom. The molecule has 3 rings (SSSR count). The number of nitrogens with one attached hydrogen (secondary N) is 1. The highest BCUT2D eigenvalue weighted by Crippen LogP contribution is 2.22. The quantitative estimate of drug-likeness (QED) is 0.858. The summed E-state index contributed by atoms with van der Waals surface area (Å²) in [5.41, 5.74) is 2.44. The Kier molecular flexibility index (Phi) is 5.31. The molecule has 2 N–H and O–H groups in total. The van der Waals surface area contributed by atoms with E-state index >= 15 is 0 Å². The summed E-state index contributed by atoms with van der Waals surface area (Å²) >= 11 is 0. The van der Waals surface area contributed by atoms with Gasteiger partial charge in [-0.2, -0.15) is 0 Å². The molecule has 1 aliphatic heterocycles. The standard InChI is InChI=1S/C18H25N3O2/c1-14-19-10-17(23-14)11-20-18-5-3-2-4-16(18)12-21-8-6-15(13-22)7-9-21/h2-5,10,15,20,22H,6-9,11-13H2,1H3. The first-order valence-corrected chi connectivity index (χ1v) is 8.31. The number of aliphatic hydroxyl groups is 1. The van der Waals surface area contributed by atoms with Gasteiger partial charge in [0.05, 0.1) is 12.7 Å². The molecule has 1 fully saturated rings. The second-order valence-corrected chi connectivity index (χ2v) is 6.26. The third kappa shape index (κ3) is 4.33. The van der Waals surface area contributed by atoms with Crippen molar-refractivity contribution in [3.63, 3.8) is 0 Å². The van der Waals surface area contributed by atoms with Crippen molar-refractivity contribution in [2.75, 3.05) is 25.0 Å². The van der Waals surface area contributed by atoms with Gasteiger partial charge < -0.3 is 14.8 Å². The first kappa shape index (κ1) is 16.0. The Balaban J connectivity index is 1.59. The smallest absolute Gasteiger partial charge is 0.191 e. The maximum atomic E-state index is 9.25. The maximum absolute atomic E-state index is 9.25. The number of anilines is 1. The second kappa shape index (κ2) is 7.62. The summed E-state index contributed by atoms with van der Waals surface area (Å²) in [6, 6.07) is 8.42. The third-order valence-electron chi connectivity index (χ3n) is 4.50. The van der Waals surface area contributed by atoms with Gasteiger partial charge in [0.2, 0.25) is 0 Å². The van der Waals surface area contributed by atoms with E-state index in [9.17, 15) is 5.11 Å². The van der Waals surface area contributed by atoms with Crippen LogP contribution in [0.15, 0.2) is 34.9 Å². The molecule has 0 saturated carbocycles. The molecule has 124 valence electrons. The largest absolute Gasteiger partial charge is 0.444 e. The summed E-state index contributed by atoms with van der Waals surface area (Å²) in [4.78, 5) is 6.59. The number of benzene rings is 1. The van der Waals surface area contributed by atoms with Gasteiger partial charge in [-0.1, -0.05) is 18.2 Å². The van der Waals surface area contributed by atoms with Crippen molar-refractivity contribution in [1.82, 2.24) is 9.88 Å². The summed E-state index contributed by atoms with van der Waals surface area (Å²) in [5.74, 6) is 2.03. The molecule has 0 atom stereocenters. The molecule has 0 spiro atoms. The molecule has 1 aromatic heterocycles. The van der Waals surface area contributed by atoms with Gasteiger partial charge in [0, 0.05) is 25.8 Å². The number of rotatable bonds is 6. The molecule has 5 heteroatoms. The van der Waals surface area contributed by atoms with E-state index in [-0.39, 0.29) is 0 Å². The zero-order chi connectivity index (χ0) is 16.1. The lowest BCUT2D eigenvalue weighted by molar-refractivity contribution is 0.127. The van der Waals surface area contributed by atoms with Crippen LogP contribution < -0.4 is 5.32 Å². The Morgan fingerprint density at radius 1 is 1.30 bits per heavy atom. The number of aromatic nitrogens is 1. The third-order valence-corrected chi connectivity index (χ3v) is 4.50. The molecule has 0 amide bonds. The number of hydrogen-bond acceptors (Lipinski definition) is 5. The number of likely N-dealkylation sites (tertiary alicyclic amines) is 1. The molecule has 0 unspecified atom stereocenters. The summed E-state index contributed by atoms with van der Waals surface area (Å²) < 4.78 is 5.51. The molecular formula is C18H25N3O2. The molecule has 0 radical (unpaired) electrons. The fraction of sp³-hybridized carbons (Fsp3) is 0.500. The summed E-state index contributed by atoms with van der Waals surface area (Å²) in [6.07, 6.45) is 3.94. The number of aryl methyl sites for hydroxylation is 1. The lowest BCUT2D eigenvalue weighted by Crippen LogP contribution is -2.34. The molecule has 1 aliphatic rings. The number of nitrogens with zero attached hydrogens (tertiary/aromatic N) is 2. The zero-order valence-corrected chi connectivity index (χ0v) is 13.7. The Morgan fingerprint density at radius 3 is 2.78 bits per heavy atom. The lowest BCUT2D eigenvalue weighted by atomic mass is 9.97. The molecule has 1 saturated heterocycles. The van der Waals surface area contributed by atoms with E-state index in [1.54, 1.807) is 6.20 Å². The van der Waals surface area contributed by atoms with Crippen LogP contribution in [-0.2, 0) is 13.1 Å². The molecule has 0 bridgehead atoms. The minimum absolute atomic E-state index is 0.322. The minimum atomic E-state index is 0.322. The normalized spacial score (nSPS) is 16.6. The van der Waals surface area contributed by atoms with Crippen LogP contribution in [0.1, 0.15) is 30.1 Å². The SMILES string of the molecule is Cc1ncc(CNc2ccccc2CN2CCC(CO)CC2)o1. The van der Waals surface area contributed by atoms with Gasteiger partial charge >= 0.3 is 0 Å². The van der Waals surface area contributed by atoms with Gasteiger partial charge in [0.25, 0.3) is 0 Å². The van der Waals surface area contributed by atoms with Crippen LogP contribution in [0.3, 0.4) is 0 Å². The minimum Gasteiger partial charge on any atom is -0.444 e. The van der Waals surface area contributed by atoms with E-state index in [0.717, 1.165) is 43.9 Å². The first-order chi connectivity index (χ1) is 11.2. The van der Waals surface area contributed by atoms with Crippen molar-refractivity contribution in [1.29, 1.82) is 0 Å². The van der Waals surface area contributed by atoms with Crippen molar-refractivity contribution in [3.05, 3.63) is 47.7 Å². The highest BCUT2D eigenvalue weighted by atomic mass is 16.4. The van der Waals surface area contributed by atoms with Crippen LogP contribution in [0, 0.1) is 12.8 Å². The van der Waals surface area contributed by atoms with Crippen LogP contribution >= 0.6 is 0 Å². The number of oxazole rings is 1. The first-order valence-electron chi connectivity index (χ1n) is 8.31. The Labute approximate surface area is 137 Å². The fourth-order valence-electron chi connectivity index (χ4n) is 3.07. The van der Waals surface area contributed by atoms with Crippen molar-refractivity contribution >= 4 is 5.69 Å². The van der Waals surface area contributed by atoms with E-state index in [0.29, 0.717) is 25.0 Å². The number of piperidine rings is 1. The summed E-state index contributed by atoms with van der Waals surface area (Å²) in [6.45, 7) is 5.87. The Bertz CT molecular complexity index is 618. The van der Waals surface area contributed by atoms with Crippen LogP contribution in [0.4, 0.5) is 5.69 Å². The molecular weight excluding hydrogens is 290 g/mol. The number of aliphatic hydroxyl groups excluding tert-OH is 1. The molecule has 0 aliphatic carbocycles. The number of hydrogen-bond donors (Lipinski definition) is 2. The predicted octanol–water partition coefficient (Wildman–Crippen LogP) is 2.80. The van der Waals surface area contributed by atoms with E-state index in [1.807, 2.05) is 6.92 Å². The second-order valence-electron chi connectivity index (χ2n) is 6.26. The van der Waals surface area contributed by atoms with Gasteiger partial charge in [-0.25, -0.2) is 4.98 Å². The van der Waals surface area contributed by atoms with Gasteiger partial charge in [-0.15, -0.1) is 0 Å². The number of para-hydroxylation sites is 1. The fourth-order valence-corrected chi connectivity index (χ4v) is 3.07. The van der Waals surface area contributed by atoms with Gasteiger partial charge in [-0.3, -0.25) is 4.90 Å². The van der Waals surface area contributed by atoms with E-state index in [2.05, 4.69) is 39.5 Å². The van der Waals surface area contributed by atoms with Gasteiger partial charge in [0.1, 0.15) is 5.76 Å². The van der Waals surface area contributed by atoms with Crippen molar-refractivity contribution < 1.29 is 9.52 Å². The Hall–Kier alpha value is -1.85. The molecule has 2 heterocycles. The predicted molar refractivity (Wildman–Crippen MR) is 90.1 cm³/mol. The molecule has 23 heavy (non-hydrogen) atoms. The average molecular weight is 315 g/mol. The highest BCUT2D eigenvalue weighted by molar-refractivity contribution is 5.51. The van der Waals surface area contributed by atoms with Gasteiger partial charge in [-0.05, 0) is 43.5 Å². The van der Waals surface area contributed by atoms with Gasteiger partial charge in [0.15, 0.2) is 5.89 Å². The van der Waals surface area contributed by atoms with Crippen LogP contribution in [0.2, 0.25) is 0 Å². The summed E-state index contributed by atoms with van der Waals surface area (Å²) in [7, 11) is 0. The lowest BCUT2D eigenvalue weighted by Gasteiger charge is -2.31. The molecule has 1 aromatic carbocycles. The topological polar surface area (TPSA) is 61.5 Å². The van der Waals surface area contributed by atoms with E-state index in [4.69, 9.17) is 4.42 Å². The van der Waals surface area contributed by atoms with Crippen LogP contribution in [-0.4, -0.2) is 34.7 Å². The average Bonchev–Trinajstić information content (AvgIpc) is 3.00. The van der Waals surface area contributed by atoms with E-state index in [1.165, 1.54) is 5.56 Å². The maximum Gasteiger partial charge on any atom is 0.191 e. The van der Waals surface area contributed by atoms with Crippen LogP contribution in [0.25, 0.3) is 0 Å². The van der Waals surface area contributed by atoms with Crippen LogP contribution in [0.5, 0.6) is 0 Å². The van der Waals surface area contributed by atoms with Crippen molar-refractivity contribution in [3.8, 4) is 0 Å².